The van der Waals surface area contributed by atoms with Crippen molar-refractivity contribution in [2.24, 2.45) is 5.73 Å². The Morgan fingerprint density at radius 1 is 1.43 bits per heavy atom. The maximum atomic E-state index is 11.8. The smallest absolute Gasteiger partial charge is 0.253 e. The highest BCUT2D eigenvalue weighted by molar-refractivity contribution is 6.09. The van der Waals surface area contributed by atoms with Gasteiger partial charge in [-0.2, -0.15) is 4.98 Å². The molecule has 1 fully saturated rings. The van der Waals surface area contributed by atoms with Crippen LogP contribution in [-0.4, -0.2) is 34.6 Å². The van der Waals surface area contributed by atoms with Gasteiger partial charge in [0.25, 0.3) is 5.91 Å². The summed E-state index contributed by atoms with van der Waals surface area (Å²) in [5.41, 5.74) is 6.26. The third-order valence-electron chi connectivity index (χ3n) is 4.11. The number of nitrogens with one attached hydrogen (secondary N) is 1. The molecule has 7 nitrogen and oxygen atoms in total. The SMILES string of the molecule is CCOCCc1nc(NC2(C)CC2)c2c(C(N)=O)c(C)oc2n1. The van der Waals surface area contributed by atoms with Crippen molar-refractivity contribution in [2.45, 2.75) is 45.6 Å². The van der Waals surface area contributed by atoms with Crippen LogP contribution in [0.4, 0.5) is 5.82 Å². The van der Waals surface area contributed by atoms with Crippen LogP contribution in [0.1, 0.15) is 48.6 Å². The summed E-state index contributed by atoms with van der Waals surface area (Å²) in [5, 5.41) is 3.99. The molecule has 0 spiro atoms. The molecule has 7 heteroatoms. The summed E-state index contributed by atoms with van der Waals surface area (Å²) in [4.78, 5) is 20.8. The van der Waals surface area contributed by atoms with E-state index in [1.54, 1.807) is 6.92 Å². The summed E-state index contributed by atoms with van der Waals surface area (Å²) >= 11 is 0. The third-order valence-corrected chi connectivity index (χ3v) is 4.11. The first-order valence-corrected chi connectivity index (χ1v) is 7.89. The Morgan fingerprint density at radius 3 is 2.78 bits per heavy atom. The summed E-state index contributed by atoms with van der Waals surface area (Å²) < 4.78 is 11.0. The first-order valence-electron chi connectivity index (χ1n) is 7.89. The van der Waals surface area contributed by atoms with Gasteiger partial charge in [-0.3, -0.25) is 4.79 Å². The van der Waals surface area contributed by atoms with Crippen molar-refractivity contribution in [3.05, 3.63) is 17.1 Å². The van der Waals surface area contributed by atoms with Gasteiger partial charge in [0.15, 0.2) is 0 Å². The number of carbonyl (C=O) groups is 1. The highest BCUT2D eigenvalue weighted by Gasteiger charge is 2.38. The minimum absolute atomic E-state index is 0.0125. The van der Waals surface area contributed by atoms with Gasteiger partial charge in [0.2, 0.25) is 5.71 Å². The summed E-state index contributed by atoms with van der Waals surface area (Å²) in [6.45, 7) is 6.97. The maximum Gasteiger partial charge on any atom is 0.253 e. The molecule has 0 atom stereocenters. The Balaban J connectivity index is 2.07. The lowest BCUT2D eigenvalue weighted by Crippen LogP contribution is -2.19. The van der Waals surface area contributed by atoms with Crippen LogP contribution in [0.15, 0.2) is 4.42 Å². The second kappa shape index (κ2) is 5.81. The summed E-state index contributed by atoms with van der Waals surface area (Å²) in [5.74, 6) is 1.18. The van der Waals surface area contributed by atoms with Crippen molar-refractivity contribution in [1.29, 1.82) is 0 Å². The van der Waals surface area contributed by atoms with Crippen molar-refractivity contribution in [2.75, 3.05) is 18.5 Å². The van der Waals surface area contributed by atoms with Crippen molar-refractivity contribution in [3.8, 4) is 0 Å². The minimum atomic E-state index is -0.532. The normalized spacial score (nSPS) is 15.8. The fourth-order valence-electron chi connectivity index (χ4n) is 2.56. The standard InChI is InChI=1S/C16H22N4O3/c1-4-22-8-5-10-18-14(20-16(3)6-7-16)12-11(13(17)21)9(2)23-15(12)19-10/h4-8H2,1-3H3,(H2,17,21)(H,18,19,20). The van der Waals surface area contributed by atoms with Crippen molar-refractivity contribution in [3.63, 3.8) is 0 Å². The lowest BCUT2D eigenvalue weighted by molar-refractivity contribution is 0.1000. The number of primary amides is 1. The predicted molar refractivity (Wildman–Crippen MR) is 86.5 cm³/mol. The molecule has 2 heterocycles. The van der Waals surface area contributed by atoms with Gasteiger partial charge in [0, 0.05) is 18.6 Å². The maximum absolute atomic E-state index is 11.8. The number of furan rings is 1. The molecule has 0 unspecified atom stereocenters. The summed E-state index contributed by atoms with van der Waals surface area (Å²) in [6, 6.07) is 0. The highest BCUT2D eigenvalue weighted by atomic mass is 16.5. The molecule has 1 aliphatic carbocycles. The number of anilines is 1. The van der Waals surface area contributed by atoms with E-state index in [0.717, 1.165) is 12.8 Å². The van der Waals surface area contributed by atoms with E-state index in [-0.39, 0.29) is 5.54 Å². The van der Waals surface area contributed by atoms with Gasteiger partial charge in [0.1, 0.15) is 17.4 Å². The lowest BCUT2D eigenvalue weighted by Gasteiger charge is -2.14. The second-order valence-electron chi connectivity index (χ2n) is 6.20. The van der Waals surface area contributed by atoms with E-state index < -0.39 is 5.91 Å². The molecule has 124 valence electrons. The molecule has 0 aliphatic heterocycles. The van der Waals surface area contributed by atoms with Crippen LogP contribution in [0.3, 0.4) is 0 Å². The molecule has 0 radical (unpaired) electrons. The number of fused-ring (bicyclic) bond motifs is 1. The van der Waals surface area contributed by atoms with E-state index in [1.165, 1.54) is 0 Å². The van der Waals surface area contributed by atoms with Gasteiger partial charge < -0.3 is 20.2 Å². The van der Waals surface area contributed by atoms with E-state index in [4.69, 9.17) is 14.9 Å². The molecular formula is C16H22N4O3. The Hall–Kier alpha value is -2.15. The number of aryl methyl sites for hydroxylation is 1. The number of aromatic nitrogens is 2. The van der Waals surface area contributed by atoms with Gasteiger partial charge in [0.05, 0.1) is 17.6 Å². The molecular weight excluding hydrogens is 296 g/mol. The van der Waals surface area contributed by atoms with E-state index in [0.29, 0.717) is 53.7 Å². The Morgan fingerprint density at radius 2 is 2.17 bits per heavy atom. The first-order chi connectivity index (χ1) is 10.9. The zero-order valence-corrected chi connectivity index (χ0v) is 13.7. The number of amides is 1. The Bertz CT molecular complexity index is 749. The zero-order valence-electron chi connectivity index (χ0n) is 13.7. The Labute approximate surface area is 134 Å². The second-order valence-corrected chi connectivity index (χ2v) is 6.20. The molecule has 0 bridgehead atoms. The topological polar surface area (TPSA) is 103 Å². The van der Waals surface area contributed by atoms with E-state index >= 15 is 0 Å². The number of nitrogens with zero attached hydrogens (tertiary/aromatic N) is 2. The Kier molecular flexibility index (Phi) is 3.97. The molecule has 2 aromatic rings. The fraction of sp³-hybridized carbons (Fsp3) is 0.562. The van der Waals surface area contributed by atoms with Gasteiger partial charge in [-0.15, -0.1) is 0 Å². The van der Waals surface area contributed by atoms with E-state index in [1.807, 2.05) is 6.92 Å². The van der Waals surface area contributed by atoms with Crippen LogP contribution in [0.2, 0.25) is 0 Å². The molecule has 2 aromatic heterocycles. The highest BCUT2D eigenvalue weighted by Crippen LogP contribution is 2.40. The summed E-state index contributed by atoms with van der Waals surface area (Å²) in [6.07, 6.45) is 2.71. The fourth-order valence-corrected chi connectivity index (χ4v) is 2.56. The monoisotopic (exact) mass is 318 g/mol. The van der Waals surface area contributed by atoms with Gasteiger partial charge in [-0.05, 0) is 33.6 Å². The third kappa shape index (κ3) is 3.14. The zero-order chi connectivity index (χ0) is 16.6. The minimum Gasteiger partial charge on any atom is -0.442 e. The number of nitrogens with two attached hydrogens (primary N) is 1. The van der Waals surface area contributed by atoms with Gasteiger partial charge in [-0.25, -0.2) is 4.98 Å². The number of hydrogen-bond acceptors (Lipinski definition) is 6. The molecule has 0 saturated heterocycles. The van der Waals surface area contributed by atoms with Gasteiger partial charge >= 0.3 is 0 Å². The molecule has 23 heavy (non-hydrogen) atoms. The van der Waals surface area contributed by atoms with Crippen LogP contribution in [0.5, 0.6) is 0 Å². The largest absolute Gasteiger partial charge is 0.442 e. The average Bonchev–Trinajstić information content (AvgIpc) is 3.08. The quantitative estimate of drug-likeness (QED) is 0.758. The summed E-state index contributed by atoms with van der Waals surface area (Å²) in [7, 11) is 0. The van der Waals surface area contributed by atoms with Crippen LogP contribution < -0.4 is 11.1 Å². The van der Waals surface area contributed by atoms with Crippen molar-refractivity contribution in [1.82, 2.24) is 9.97 Å². The number of ether oxygens (including phenoxy) is 1. The van der Waals surface area contributed by atoms with E-state index in [2.05, 4.69) is 22.2 Å². The van der Waals surface area contributed by atoms with Gasteiger partial charge in [-0.1, -0.05) is 0 Å². The van der Waals surface area contributed by atoms with Crippen LogP contribution in [-0.2, 0) is 11.2 Å². The predicted octanol–water partition coefficient (Wildman–Crippen LogP) is 2.17. The van der Waals surface area contributed by atoms with Crippen LogP contribution in [0, 0.1) is 6.92 Å². The van der Waals surface area contributed by atoms with Crippen molar-refractivity contribution >= 4 is 22.8 Å². The van der Waals surface area contributed by atoms with E-state index in [9.17, 15) is 4.79 Å². The average molecular weight is 318 g/mol. The molecule has 3 rings (SSSR count). The first kappa shape index (κ1) is 15.7. The molecule has 1 aliphatic rings. The van der Waals surface area contributed by atoms with Crippen LogP contribution >= 0.6 is 0 Å². The lowest BCUT2D eigenvalue weighted by atomic mass is 10.1. The van der Waals surface area contributed by atoms with Crippen LogP contribution in [0.25, 0.3) is 11.1 Å². The number of rotatable bonds is 7. The van der Waals surface area contributed by atoms with Crippen molar-refractivity contribution < 1.29 is 13.9 Å². The molecule has 3 N–H and O–H groups in total. The number of carbonyl (C=O) groups excluding carboxylic acids is 1. The molecule has 0 aromatic carbocycles. The molecule has 1 amide bonds. The molecule has 1 saturated carbocycles. The number of hydrogen-bond donors (Lipinski definition) is 2.